The van der Waals surface area contributed by atoms with Crippen LogP contribution in [0, 0.1) is 0 Å². The van der Waals surface area contributed by atoms with Gasteiger partial charge in [0.15, 0.2) is 0 Å². The number of sulfonamides is 1. The number of carbonyl (C=O) groups excluding carboxylic acids is 1. The summed E-state index contributed by atoms with van der Waals surface area (Å²) in [5.41, 5.74) is 0.651. The first kappa shape index (κ1) is 22.2. The molecule has 0 aliphatic rings. The van der Waals surface area contributed by atoms with Gasteiger partial charge in [0.2, 0.25) is 10.0 Å². The Morgan fingerprint density at radius 3 is 2.62 bits per heavy atom. The van der Waals surface area contributed by atoms with Crippen molar-refractivity contribution in [3.05, 3.63) is 42.8 Å². The fraction of sp³-hybridized carbons (Fsp3) is 0.526. The second kappa shape index (κ2) is 10.3. The van der Waals surface area contributed by atoms with Gasteiger partial charge in [0.1, 0.15) is 10.6 Å². The molecule has 146 valence electrons. The van der Waals surface area contributed by atoms with Gasteiger partial charge in [-0.15, -0.1) is 13.2 Å². The van der Waals surface area contributed by atoms with E-state index in [1.54, 1.807) is 20.0 Å². The molecule has 0 spiro atoms. The van der Waals surface area contributed by atoms with E-state index >= 15 is 0 Å². The minimum Gasteiger partial charge on any atom is -0.461 e. The molecule has 0 saturated heterocycles. The Kier molecular flexibility index (Phi) is 8.81. The van der Waals surface area contributed by atoms with E-state index in [0.29, 0.717) is 5.56 Å². The highest BCUT2D eigenvalue weighted by Crippen LogP contribution is 2.24. The number of esters is 1. The Balaban J connectivity index is 3.07. The predicted molar refractivity (Wildman–Crippen MR) is 104 cm³/mol. The summed E-state index contributed by atoms with van der Waals surface area (Å²) in [6, 6.07) is -0.201. The Morgan fingerprint density at radius 1 is 1.35 bits per heavy atom. The lowest BCUT2D eigenvalue weighted by Crippen LogP contribution is -2.33. The normalized spacial score (nSPS) is 12.6. The number of nitrogens with one attached hydrogen (secondary N) is 1. The van der Waals surface area contributed by atoms with Crippen molar-refractivity contribution in [1.82, 2.24) is 9.29 Å². The van der Waals surface area contributed by atoms with Crippen LogP contribution >= 0.6 is 0 Å². The van der Waals surface area contributed by atoms with Gasteiger partial charge in [-0.2, -0.15) is 0 Å². The van der Waals surface area contributed by atoms with Crippen LogP contribution in [0.4, 0.5) is 0 Å². The minimum atomic E-state index is -3.75. The van der Waals surface area contributed by atoms with E-state index in [9.17, 15) is 13.2 Å². The first-order valence-electron chi connectivity index (χ1n) is 8.87. The molecule has 0 aliphatic carbocycles. The molecule has 7 heteroatoms. The van der Waals surface area contributed by atoms with Crippen LogP contribution in [-0.4, -0.2) is 31.6 Å². The minimum absolute atomic E-state index is 0.0981. The molecule has 1 unspecified atom stereocenters. The van der Waals surface area contributed by atoms with Gasteiger partial charge in [-0.05, 0) is 39.5 Å². The second-order valence-corrected chi connectivity index (χ2v) is 7.92. The predicted octanol–water partition coefficient (Wildman–Crippen LogP) is 3.34. The lowest BCUT2D eigenvalue weighted by molar-refractivity contribution is 0.0514. The zero-order valence-electron chi connectivity index (χ0n) is 16.0. The number of hydrogen-bond acceptors (Lipinski definition) is 4. The highest BCUT2D eigenvalue weighted by atomic mass is 32.2. The van der Waals surface area contributed by atoms with Crippen molar-refractivity contribution in [1.29, 1.82) is 0 Å². The van der Waals surface area contributed by atoms with Crippen molar-refractivity contribution in [3.63, 3.8) is 0 Å². The SMILES string of the molecule is C=CCCCCC(C)NS(=O)(=O)c1cn(C)c(C(=O)OCC)c1CC=C. The van der Waals surface area contributed by atoms with Crippen molar-refractivity contribution in [3.8, 4) is 0 Å². The number of unbranched alkanes of at least 4 members (excludes halogenated alkanes) is 2. The van der Waals surface area contributed by atoms with Gasteiger partial charge in [0.25, 0.3) is 0 Å². The summed E-state index contributed by atoms with van der Waals surface area (Å²) in [6.07, 6.45) is 8.71. The number of aryl methyl sites for hydroxylation is 1. The summed E-state index contributed by atoms with van der Waals surface area (Å²) in [5.74, 6) is -0.536. The first-order valence-corrected chi connectivity index (χ1v) is 10.4. The summed E-state index contributed by atoms with van der Waals surface area (Å²) in [4.78, 5) is 12.3. The number of rotatable bonds is 12. The Labute approximate surface area is 157 Å². The van der Waals surface area contributed by atoms with Crippen LogP contribution < -0.4 is 4.72 Å². The Bertz CT molecular complexity index is 735. The molecule has 1 aromatic heterocycles. The monoisotopic (exact) mass is 382 g/mol. The molecule has 1 heterocycles. The van der Waals surface area contributed by atoms with E-state index in [2.05, 4.69) is 17.9 Å². The summed E-state index contributed by atoms with van der Waals surface area (Å²) in [7, 11) is -2.12. The maximum Gasteiger partial charge on any atom is 0.355 e. The number of ether oxygens (including phenoxy) is 1. The van der Waals surface area contributed by atoms with Gasteiger partial charge in [0.05, 0.1) is 6.61 Å². The van der Waals surface area contributed by atoms with Crippen LogP contribution in [0.5, 0.6) is 0 Å². The molecule has 0 amide bonds. The van der Waals surface area contributed by atoms with Crippen molar-refractivity contribution in [2.45, 2.75) is 56.9 Å². The summed E-state index contributed by atoms with van der Waals surface area (Å²) in [6.45, 7) is 11.1. The summed E-state index contributed by atoms with van der Waals surface area (Å²) >= 11 is 0. The molecule has 26 heavy (non-hydrogen) atoms. The van der Waals surface area contributed by atoms with Crippen LogP contribution in [-0.2, 0) is 28.2 Å². The lowest BCUT2D eigenvalue weighted by Gasteiger charge is -2.14. The number of aromatic nitrogens is 1. The molecular formula is C19H30N2O4S. The summed E-state index contributed by atoms with van der Waals surface area (Å²) < 4.78 is 35.0. The van der Waals surface area contributed by atoms with Crippen LogP contribution in [0.15, 0.2) is 36.4 Å². The van der Waals surface area contributed by atoms with Crippen LogP contribution in [0.2, 0.25) is 0 Å². The zero-order valence-corrected chi connectivity index (χ0v) is 16.8. The Morgan fingerprint density at radius 2 is 2.04 bits per heavy atom. The average molecular weight is 383 g/mol. The second-order valence-electron chi connectivity index (χ2n) is 6.24. The van der Waals surface area contributed by atoms with Crippen LogP contribution in [0.25, 0.3) is 0 Å². The van der Waals surface area contributed by atoms with E-state index in [0.717, 1.165) is 25.7 Å². The molecule has 1 rings (SSSR count). The van der Waals surface area contributed by atoms with E-state index in [1.807, 2.05) is 13.0 Å². The van der Waals surface area contributed by atoms with Gasteiger partial charge >= 0.3 is 5.97 Å². The first-order chi connectivity index (χ1) is 12.3. The van der Waals surface area contributed by atoms with E-state index in [-0.39, 0.29) is 29.7 Å². The van der Waals surface area contributed by atoms with Crippen molar-refractivity contribution >= 4 is 16.0 Å². The molecule has 0 aromatic carbocycles. The Hall–Kier alpha value is -1.86. The quantitative estimate of drug-likeness (QED) is 0.342. The third-order valence-corrected chi connectivity index (χ3v) is 5.65. The maximum absolute atomic E-state index is 12.8. The van der Waals surface area contributed by atoms with Gasteiger partial charge in [-0.1, -0.05) is 18.6 Å². The molecule has 0 fully saturated rings. The van der Waals surface area contributed by atoms with Crippen molar-refractivity contribution in [2.24, 2.45) is 7.05 Å². The van der Waals surface area contributed by atoms with E-state index in [4.69, 9.17) is 4.74 Å². The van der Waals surface area contributed by atoms with Crippen LogP contribution in [0.3, 0.4) is 0 Å². The van der Waals surface area contributed by atoms with Gasteiger partial charge in [-0.25, -0.2) is 17.9 Å². The fourth-order valence-electron chi connectivity index (χ4n) is 2.81. The van der Waals surface area contributed by atoms with Gasteiger partial charge < -0.3 is 9.30 Å². The number of nitrogens with zero attached hydrogens (tertiary/aromatic N) is 1. The van der Waals surface area contributed by atoms with Gasteiger partial charge in [0, 0.05) is 24.8 Å². The number of allylic oxidation sites excluding steroid dienone is 2. The topological polar surface area (TPSA) is 77.4 Å². The van der Waals surface area contributed by atoms with Crippen molar-refractivity contribution < 1.29 is 17.9 Å². The highest BCUT2D eigenvalue weighted by Gasteiger charge is 2.28. The molecule has 0 aliphatic heterocycles. The number of hydrogen-bond donors (Lipinski definition) is 1. The molecule has 0 bridgehead atoms. The summed E-state index contributed by atoms with van der Waals surface area (Å²) in [5, 5.41) is 0. The molecular weight excluding hydrogens is 352 g/mol. The highest BCUT2D eigenvalue weighted by molar-refractivity contribution is 7.89. The van der Waals surface area contributed by atoms with Crippen LogP contribution in [0.1, 0.15) is 55.6 Å². The average Bonchev–Trinajstić information content (AvgIpc) is 2.89. The van der Waals surface area contributed by atoms with E-state index < -0.39 is 16.0 Å². The molecule has 1 N–H and O–H groups in total. The largest absolute Gasteiger partial charge is 0.461 e. The van der Waals surface area contributed by atoms with Crippen molar-refractivity contribution in [2.75, 3.05) is 6.61 Å². The standard InChI is InChI=1S/C19H30N2O4S/c1-6-9-10-11-13-15(4)20-26(23,24)17-14-21(5)18(16(17)12-7-2)19(22)25-8-3/h6-7,14-15,20H,1-2,8-13H2,3-5H3. The lowest BCUT2D eigenvalue weighted by atomic mass is 10.1. The van der Waals surface area contributed by atoms with Gasteiger partial charge in [-0.3, -0.25) is 0 Å². The molecule has 1 atom stereocenters. The molecule has 0 saturated carbocycles. The fourth-order valence-corrected chi connectivity index (χ4v) is 4.39. The maximum atomic E-state index is 12.8. The smallest absolute Gasteiger partial charge is 0.355 e. The molecule has 6 nitrogen and oxygen atoms in total. The zero-order chi connectivity index (χ0) is 19.7. The molecule has 0 radical (unpaired) electrons. The molecule has 1 aromatic rings. The van der Waals surface area contributed by atoms with E-state index in [1.165, 1.54) is 10.8 Å². The third-order valence-electron chi connectivity index (χ3n) is 4.01. The number of carbonyl (C=O) groups is 1. The third kappa shape index (κ3) is 5.85.